The molecule has 0 atom stereocenters. The molecular formula is C4H4BBrS. The van der Waals surface area contributed by atoms with Crippen molar-refractivity contribution < 1.29 is 0 Å². The van der Waals surface area contributed by atoms with E-state index < -0.39 is 0 Å². The van der Waals surface area contributed by atoms with Gasteiger partial charge < -0.3 is 0 Å². The summed E-state index contributed by atoms with van der Waals surface area (Å²) >= 11 is 5.07. The lowest BCUT2D eigenvalue weighted by Crippen LogP contribution is -1.92. The molecule has 0 spiro atoms. The molecule has 0 saturated carbocycles. The van der Waals surface area contributed by atoms with Crippen LogP contribution in [0.5, 0.6) is 0 Å². The molecule has 0 radical (unpaired) electrons. The van der Waals surface area contributed by atoms with E-state index in [1.807, 2.05) is 0 Å². The van der Waals surface area contributed by atoms with Crippen molar-refractivity contribution >= 4 is 40.6 Å². The van der Waals surface area contributed by atoms with Crippen molar-refractivity contribution in [3.63, 3.8) is 0 Å². The molecule has 0 nitrogen and oxygen atoms in total. The molecule has 3 heteroatoms. The first-order valence-corrected chi connectivity index (χ1v) is 3.67. The minimum atomic E-state index is 1.21. The van der Waals surface area contributed by atoms with Gasteiger partial charge in [-0.3, -0.25) is 0 Å². The van der Waals surface area contributed by atoms with E-state index in [0.29, 0.717) is 0 Å². The van der Waals surface area contributed by atoms with Gasteiger partial charge in [0.05, 0.1) is 3.79 Å². The van der Waals surface area contributed by atoms with Gasteiger partial charge in [-0.2, -0.15) is 0 Å². The van der Waals surface area contributed by atoms with E-state index in [4.69, 9.17) is 0 Å². The van der Waals surface area contributed by atoms with Crippen LogP contribution in [0.1, 0.15) is 0 Å². The standard InChI is InChI=1S/C4H4BBrS/c5-3-1-4(6)7-2-3/h1-2H,5H2. The molecule has 0 N–H and O–H groups in total. The van der Waals surface area contributed by atoms with Crippen LogP contribution in [-0.4, -0.2) is 7.85 Å². The molecule has 0 aliphatic carbocycles. The maximum Gasteiger partial charge on any atom is 0.140 e. The van der Waals surface area contributed by atoms with Crippen molar-refractivity contribution in [2.24, 2.45) is 0 Å². The van der Waals surface area contributed by atoms with Crippen LogP contribution in [0.2, 0.25) is 0 Å². The first-order chi connectivity index (χ1) is 3.29. The molecule has 36 valence electrons. The van der Waals surface area contributed by atoms with Crippen molar-refractivity contribution in [3.8, 4) is 0 Å². The monoisotopic (exact) mass is 174 g/mol. The normalized spacial score (nSPS) is 9.29. The van der Waals surface area contributed by atoms with Crippen molar-refractivity contribution in [2.75, 3.05) is 0 Å². The lowest BCUT2D eigenvalue weighted by Gasteiger charge is -1.68. The molecule has 1 rings (SSSR count). The maximum absolute atomic E-state index is 3.35. The molecule has 1 heterocycles. The van der Waals surface area contributed by atoms with Crippen LogP contribution in [-0.2, 0) is 0 Å². The van der Waals surface area contributed by atoms with E-state index in [1.165, 1.54) is 9.25 Å². The Labute approximate surface area is 56.1 Å². The van der Waals surface area contributed by atoms with Gasteiger partial charge in [-0.1, -0.05) is 5.46 Å². The SMILES string of the molecule is Bc1csc(Br)c1. The third kappa shape index (κ3) is 1.32. The number of rotatable bonds is 0. The van der Waals surface area contributed by atoms with Crippen molar-refractivity contribution in [2.45, 2.75) is 0 Å². The van der Waals surface area contributed by atoms with Crippen molar-refractivity contribution in [1.29, 1.82) is 0 Å². The molecule has 1 aromatic rings. The predicted octanol–water partition coefficient (Wildman–Crippen LogP) is 0.769. The van der Waals surface area contributed by atoms with Gasteiger partial charge >= 0.3 is 0 Å². The Morgan fingerprint density at radius 3 is 2.57 bits per heavy atom. The molecule has 0 amide bonds. The second-order valence-corrected chi connectivity index (χ2v) is 3.72. The fourth-order valence-electron chi connectivity index (χ4n) is 0.396. The lowest BCUT2D eigenvalue weighted by molar-refractivity contribution is 2.07. The maximum atomic E-state index is 3.35. The minimum absolute atomic E-state index is 1.21. The lowest BCUT2D eigenvalue weighted by atomic mass is 10.0. The molecule has 7 heavy (non-hydrogen) atoms. The van der Waals surface area contributed by atoms with Crippen LogP contribution in [0.3, 0.4) is 0 Å². The summed E-state index contributed by atoms with van der Waals surface area (Å²) in [6, 6.07) is 2.10. The Balaban J connectivity index is 3.04. The Morgan fingerprint density at radius 2 is 2.43 bits per heavy atom. The van der Waals surface area contributed by atoms with Crippen LogP contribution < -0.4 is 5.46 Å². The van der Waals surface area contributed by atoms with Crippen LogP contribution in [0.25, 0.3) is 0 Å². The molecule has 0 unspecified atom stereocenters. The van der Waals surface area contributed by atoms with Gasteiger partial charge in [-0.25, -0.2) is 0 Å². The summed E-state index contributed by atoms with van der Waals surface area (Å²) < 4.78 is 1.21. The highest BCUT2D eigenvalue weighted by molar-refractivity contribution is 9.11. The highest BCUT2D eigenvalue weighted by Crippen LogP contribution is 2.12. The largest absolute Gasteiger partial charge is 0.140 e. The van der Waals surface area contributed by atoms with Crippen LogP contribution in [0, 0.1) is 0 Å². The summed E-state index contributed by atoms with van der Waals surface area (Å²) in [5.41, 5.74) is 1.33. The van der Waals surface area contributed by atoms with E-state index in [0.717, 1.165) is 0 Å². The molecule has 0 bridgehead atoms. The average molecular weight is 175 g/mol. The Morgan fingerprint density at radius 1 is 1.71 bits per heavy atom. The molecular weight excluding hydrogens is 171 g/mol. The number of halogens is 1. The highest BCUT2D eigenvalue weighted by Gasteiger charge is 1.86. The zero-order valence-electron chi connectivity index (χ0n) is 3.94. The molecule has 0 aliphatic rings. The summed E-state index contributed by atoms with van der Waals surface area (Å²) in [5, 5.41) is 2.12. The molecule has 0 aliphatic heterocycles. The second kappa shape index (κ2) is 2.01. The number of thiophene rings is 1. The Kier molecular flexibility index (Phi) is 1.55. The van der Waals surface area contributed by atoms with Gasteiger partial charge in [-0.15, -0.1) is 11.3 Å². The van der Waals surface area contributed by atoms with E-state index in [1.54, 1.807) is 11.3 Å². The first kappa shape index (κ1) is 5.38. The first-order valence-electron chi connectivity index (χ1n) is 1.99. The fraction of sp³-hybridized carbons (Fsp3) is 0. The number of hydrogen-bond acceptors (Lipinski definition) is 1. The Hall–Kier alpha value is 0.245. The van der Waals surface area contributed by atoms with Gasteiger partial charge in [0, 0.05) is 0 Å². The van der Waals surface area contributed by atoms with E-state index in [2.05, 4.69) is 35.2 Å². The van der Waals surface area contributed by atoms with Crippen LogP contribution >= 0.6 is 27.3 Å². The van der Waals surface area contributed by atoms with Crippen LogP contribution in [0.15, 0.2) is 15.2 Å². The Bertz CT molecular complexity index is 144. The average Bonchev–Trinajstić information content (AvgIpc) is 1.87. The van der Waals surface area contributed by atoms with E-state index >= 15 is 0 Å². The third-order valence-electron chi connectivity index (χ3n) is 0.699. The smallest absolute Gasteiger partial charge is 0.137 e. The van der Waals surface area contributed by atoms with Crippen molar-refractivity contribution in [3.05, 3.63) is 15.2 Å². The zero-order chi connectivity index (χ0) is 5.28. The summed E-state index contributed by atoms with van der Waals surface area (Å²) in [6.07, 6.45) is 0. The molecule has 0 fully saturated rings. The van der Waals surface area contributed by atoms with E-state index in [9.17, 15) is 0 Å². The number of hydrogen-bond donors (Lipinski definition) is 0. The molecule has 0 saturated heterocycles. The minimum Gasteiger partial charge on any atom is -0.137 e. The topological polar surface area (TPSA) is 0 Å². The fourth-order valence-corrected chi connectivity index (χ4v) is 1.66. The van der Waals surface area contributed by atoms with Crippen LogP contribution in [0.4, 0.5) is 0 Å². The van der Waals surface area contributed by atoms with Gasteiger partial charge in [0.25, 0.3) is 0 Å². The van der Waals surface area contributed by atoms with Gasteiger partial charge in [0.15, 0.2) is 0 Å². The van der Waals surface area contributed by atoms with Crippen molar-refractivity contribution in [1.82, 2.24) is 0 Å². The van der Waals surface area contributed by atoms with Gasteiger partial charge in [0.1, 0.15) is 7.85 Å². The predicted molar refractivity (Wildman–Crippen MR) is 40.2 cm³/mol. The molecule has 0 aromatic carbocycles. The molecule has 1 aromatic heterocycles. The third-order valence-corrected chi connectivity index (χ3v) is 2.32. The highest BCUT2D eigenvalue weighted by atomic mass is 79.9. The summed E-state index contributed by atoms with van der Waals surface area (Å²) in [4.78, 5) is 0. The summed E-state index contributed by atoms with van der Waals surface area (Å²) in [7, 11) is 2.08. The second-order valence-electron chi connectivity index (χ2n) is 1.43. The summed E-state index contributed by atoms with van der Waals surface area (Å²) in [5.74, 6) is 0. The van der Waals surface area contributed by atoms with E-state index in [-0.39, 0.29) is 0 Å². The van der Waals surface area contributed by atoms with Gasteiger partial charge in [-0.05, 0) is 27.4 Å². The van der Waals surface area contributed by atoms with Gasteiger partial charge in [0.2, 0.25) is 0 Å². The quantitative estimate of drug-likeness (QED) is 0.510. The summed E-state index contributed by atoms with van der Waals surface area (Å²) in [6.45, 7) is 0. The zero-order valence-corrected chi connectivity index (χ0v) is 6.34.